The maximum absolute atomic E-state index is 14.8. The summed E-state index contributed by atoms with van der Waals surface area (Å²) in [5.74, 6) is 0.771. The molecule has 0 bridgehead atoms. The maximum atomic E-state index is 14.8. The van der Waals surface area contributed by atoms with E-state index < -0.39 is 0 Å². The minimum atomic E-state index is -0.144. The Morgan fingerprint density at radius 2 is 2.00 bits per heavy atom. The van der Waals surface area contributed by atoms with Gasteiger partial charge in [0.2, 0.25) is 0 Å². The molecule has 2 unspecified atom stereocenters. The summed E-state index contributed by atoms with van der Waals surface area (Å²) < 4.78 is 21.0. The topological polar surface area (TPSA) is 24.5 Å². The summed E-state index contributed by atoms with van der Waals surface area (Å²) in [6.07, 6.45) is -0.0290. The van der Waals surface area contributed by atoms with Crippen LogP contribution in [-0.4, -0.2) is 25.7 Å². The number of halogens is 1. The summed E-state index contributed by atoms with van der Waals surface area (Å²) in [4.78, 5) is 2.22. The van der Waals surface area contributed by atoms with Gasteiger partial charge in [0.15, 0.2) is 0 Å². The first-order valence-corrected chi connectivity index (χ1v) is 9.05. The molecule has 0 radical (unpaired) electrons. The van der Waals surface area contributed by atoms with Crippen LogP contribution in [0.5, 0.6) is 5.75 Å². The molecule has 4 rings (SSSR count). The molecule has 132 valence electrons. The molecule has 0 amide bonds. The third kappa shape index (κ3) is 2.60. The van der Waals surface area contributed by atoms with Crippen LogP contribution in [0.4, 0.5) is 10.1 Å². The molecule has 2 aliphatic heterocycles. The van der Waals surface area contributed by atoms with Crippen LogP contribution < -0.4 is 15.0 Å². The average molecular weight is 340 g/mol. The lowest BCUT2D eigenvalue weighted by atomic mass is 9.87. The lowest BCUT2D eigenvalue weighted by Gasteiger charge is -2.32. The van der Waals surface area contributed by atoms with E-state index in [4.69, 9.17) is 4.74 Å². The summed E-state index contributed by atoms with van der Waals surface area (Å²) in [7, 11) is 0. The highest BCUT2D eigenvalue weighted by Crippen LogP contribution is 2.50. The Kier molecular flexibility index (Phi) is 3.95. The van der Waals surface area contributed by atoms with Crippen molar-refractivity contribution in [3.8, 4) is 5.75 Å². The van der Waals surface area contributed by atoms with Gasteiger partial charge in [-0.25, -0.2) is 4.39 Å². The Morgan fingerprint density at radius 3 is 2.80 bits per heavy atom. The van der Waals surface area contributed by atoms with E-state index in [1.54, 1.807) is 6.07 Å². The number of nitrogens with one attached hydrogen (secondary N) is 1. The van der Waals surface area contributed by atoms with Crippen molar-refractivity contribution in [2.75, 3.05) is 24.5 Å². The number of hydrogen-bond acceptors (Lipinski definition) is 3. The smallest absolute Gasteiger partial charge is 0.146 e. The molecule has 2 aromatic rings. The minimum Gasteiger partial charge on any atom is -0.486 e. The second-order valence-electron chi connectivity index (χ2n) is 7.59. The van der Waals surface area contributed by atoms with Gasteiger partial charge < -0.3 is 15.0 Å². The van der Waals surface area contributed by atoms with Crippen molar-refractivity contribution >= 4 is 5.69 Å². The Balaban J connectivity index is 1.80. The van der Waals surface area contributed by atoms with Crippen molar-refractivity contribution in [2.24, 2.45) is 0 Å². The van der Waals surface area contributed by atoms with Gasteiger partial charge in [-0.2, -0.15) is 0 Å². The molecule has 2 aliphatic rings. The van der Waals surface area contributed by atoms with Gasteiger partial charge in [0, 0.05) is 24.1 Å². The number of nitrogens with zero attached hydrogens (tertiary/aromatic N) is 1. The van der Waals surface area contributed by atoms with E-state index >= 15 is 0 Å². The largest absolute Gasteiger partial charge is 0.486 e. The van der Waals surface area contributed by atoms with Crippen molar-refractivity contribution in [3.63, 3.8) is 0 Å². The predicted octanol–water partition coefficient (Wildman–Crippen LogP) is 4.04. The molecule has 0 aliphatic carbocycles. The number of rotatable bonds is 4. The third-order valence-electron chi connectivity index (χ3n) is 5.37. The zero-order valence-electron chi connectivity index (χ0n) is 15.1. The van der Waals surface area contributed by atoms with Gasteiger partial charge >= 0.3 is 0 Å². The van der Waals surface area contributed by atoms with Gasteiger partial charge in [0.25, 0.3) is 0 Å². The van der Waals surface area contributed by atoms with Gasteiger partial charge in [-0.1, -0.05) is 51.1 Å². The van der Waals surface area contributed by atoms with Gasteiger partial charge in [-0.15, -0.1) is 0 Å². The summed E-state index contributed by atoms with van der Waals surface area (Å²) in [5, 5.41) is 3.39. The first kappa shape index (κ1) is 16.4. The molecule has 1 N–H and O–H groups in total. The molecule has 0 fully saturated rings. The first-order chi connectivity index (χ1) is 12.0. The third-order valence-corrected chi connectivity index (χ3v) is 5.37. The molecule has 4 heteroatoms. The molecule has 0 aromatic heterocycles. The molecular weight excluding hydrogens is 315 g/mol. The van der Waals surface area contributed by atoms with Crippen LogP contribution in [-0.2, 0) is 5.41 Å². The molecular formula is C21H25FN2O. The van der Waals surface area contributed by atoms with Crippen molar-refractivity contribution in [3.05, 3.63) is 59.4 Å². The average Bonchev–Trinajstić information content (AvgIpc) is 3.08. The van der Waals surface area contributed by atoms with E-state index in [0.29, 0.717) is 0 Å². The second-order valence-corrected chi connectivity index (χ2v) is 7.59. The molecule has 0 spiro atoms. The Hall–Kier alpha value is -2.07. The summed E-state index contributed by atoms with van der Waals surface area (Å²) in [6.45, 7) is 8.88. The first-order valence-electron chi connectivity index (χ1n) is 9.05. The second kappa shape index (κ2) is 6.03. The van der Waals surface area contributed by atoms with Crippen molar-refractivity contribution < 1.29 is 9.13 Å². The highest BCUT2D eigenvalue weighted by Gasteiger charge is 2.46. The molecule has 3 nitrogen and oxygen atoms in total. The van der Waals surface area contributed by atoms with Gasteiger partial charge in [0.1, 0.15) is 17.7 Å². The fourth-order valence-electron chi connectivity index (χ4n) is 4.25. The Bertz CT molecular complexity index is 789. The van der Waals surface area contributed by atoms with Crippen LogP contribution in [0.25, 0.3) is 0 Å². The zero-order valence-corrected chi connectivity index (χ0v) is 15.1. The van der Waals surface area contributed by atoms with Crippen LogP contribution in [0.2, 0.25) is 0 Å². The molecule has 2 aromatic carbocycles. The number of ether oxygens (including phenoxy) is 1. The van der Waals surface area contributed by atoms with Crippen molar-refractivity contribution in [1.82, 2.24) is 5.32 Å². The normalized spacial score (nSPS) is 23.3. The number of likely N-dealkylation sites (N-methyl/N-ethyl adjacent to an activating group) is 1. The van der Waals surface area contributed by atoms with E-state index in [2.05, 4.69) is 43.1 Å². The fourth-order valence-corrected chi connectivity index (χ4v) is 4.25. The van der Waals surface area contributed by atoms with E-state index in [1.807, 2.05) is 24.3 Å². The quantitative estimate of drug-likeness (QED) is 0.909. The molecule has 2 heterocycles. The Morgan fingerprint density at radius 1 is 1.20 bits per heavy atom. The lowest BCUT2D eigenvalue weighted by molar-refractivity contribution is 0.198. The number of anilines is 1. The number of para-hydroxylation sites is 2. The SMILES string of the molecule is CCNCC1Oc2ccccc2C1N1CC(C)(C)c2cccc(F)c21. The lowest BCUT2D eigenvalue weighted by Crippen LogP contribution is -2.42. The predicted molar refractivity (Wildman–Crippen MR) is 98.9 cm³/mol. The van der Waals surface area contributed by atoms with Crippen LogP contribution in [0.1, 0.15) is 37.9 Å². The molecule has 25 heavy (non-hydrogen) atoms. The minimum absolute atomic E-state index is 0.0210. The number of fused-ring (bicyclic) bond motifs is 2. The van der Waals surface area contributed by atoms with E-state index in [0.717, 1.165) is 42.2 Å². The Labute approximate surface area is 148 Å². The molecule has 2 atom stereocenters. The van der Waals surface area contributed by atoms with Crippen LogP contribution in [0.15, 0.2) is 42.5 Å². The zero-order chi connectivity index (χ0) is 17.6. The summed E-state index contributed by atoms with van der Waals surface area (Å²) >= 11 is 0. The number of hydrogen-bond donors (Lipinski definition) is 1. The van der Waals surface area contributed by atoms with Crippen molar-refractivity contribution in [2.45, 2.75) is 38.3 Å². The van der Waals surface area contributed by atoms with E-state index in [1.165, 1.54) is 0 Å². The highest BCUT2D eigenvalue weighted by atomic mass is 19.1. The van der Waals surface area contributed by atoms with Gasteiger partial charge in [-0.05, 0) is 24.2 Å². The summed E-state index contributed by atoms with van der Waals surface area (Å²) in [5.41, 5.74) is 2.88. The van der Waals surface area contributed by atoms with Crippen molar-refractivity contribution in [1.29, 1.82) is 0 Å². The van der Waals surface area contributed by atoms with E-state index in [9.17, 15) is 4.39 Å². The fraction of sp³-hybridized carbons (Fsp3) is 0.429. The summed E-state index contributed by atoms with van der Waals surface area (Å²) in [6, 6.07) is 13.6. The van der Waals surface area contributed by atoms with Crippen LogP contribution in [0.3, 0.4) is 0 Å². The van der Waals surface area contributed by atoms with E-state index in [-0.39, 0.29) is 23.4 Å². The number of benzene rings is 2. The standard InChI is InChI=1S/C21H25FN2O/c1-4-23-12-18-19(14-8-5-6-11-17(14)25-18)24-13-21(2,3)15-9-7-10-16(22)20(15)24/h5-11,18-19,23H,4,12-13H2,1-3H3. The van der Waals surface area contributed by atoms with Crippen LogP contribution in [0, 0.1) is 5.82 Å². The van der Waals surface area contributed by atoms with Gasteiger partial charge in [-0.3, -0.25) is 0 Å². The molecule has 0 saturated carbocycles. The van der Waals surface area contributed by atoms with Crippen LogP contribution >= 0.6 is 0 Å². The maximum Gasteiger partial charge on any atom is 0.146 e. The monoisotopic (exact) mass is 340 g/mol. The molecule has 0 saturated heterocycles. The van der Waals surface area contributed by atoms with Gasteiger partial charge in [0.05, 0.1) is 11.7 Å². The highest BCUT2D eigenvalue weighted by molar-refractivity contribution is 5.65.